The van der Waals surface area contributed by atoms with Gasteiger partial charge in [-0.15, -0.1) is 0 Å². The van der Waals surface area contributed by atoms with Crippen LogP contribution < -0.4 is 5.32 Å². The molecule has 2 heteroatoms. The van der Waals surface area contributed by atoms with Crippen LogP contribution in [0.15, 0.2) is 24.3 Å². The van der Waals surface area contributed by atoms with E-state index in [-0.39, 0.29) is 0 Å². The Labute approximate surface area is 103 Å². The van der Waals surface area contributed by atoms with Gasteiger partial charge in [0.15, 0.2) is 0 Å². The van der Waals surface area contributed by atoms with Crippen LogP contribution in [0, 0.1) is 12.8 Å². The highest BCUT2D eigenvalue weighted by Crippen LogP contribution is 2.33. The fraction of sp³-hybridized carbons (Fsp3) is 0.571. The lowest BCUT2D eigenvalue weighted by Gasteiger charge is -2.30. The van der Waals surface area contributed by atoms with Crippen molar-refractivity contribution in [3.8, 4) is 0 Å². The largest absolute Gasteiger partial charge is 0.313 e. The van der Waals surface area contributed by atoms with E-state index in [9.17, 15) is 0 Å². The quantitative estimate of drug-likeness (QED) is 0.862. The minimum Gasteiger partial charge on any atom is -0.313 e. The first kappa shape index (κ1) is 12.0. The van der Waals surface area contributed by atoms with Crippen LogP contribution >= 0.6 is 11.8 Å². The zero-order valence-corrected chi connectivity index (χ0v) is 11.0. The van der Waals surface area contributed by atoms with E-state index in [4.69, 9.17) is 0 Å². The third kappa shape index (κ3) is 2.80. The Balaban J connectivity index is 2.14. The van der Waals surface area contributed by atoms with Crippen molar-refractivity contribution in [3.05, 3.63) is 35.4 Å². The van der Waals surface area contributed by atoms with Crippen LogP contribution in [0.5, 0.6) is 0 Å². The summed E-state index contributed by atoms with van der Waals surface area (Å²) in [6.45, 7) is 2.17. The number of hydrogen-bond donors (Lipinski definition) is 1. The minimum absolute atomic E-state index is 0.535. The molecule has 0 radical (unpaired) electrons. The molecule has 2 unspecified atom stereocenters. The van der Waals surface area contributed by atoms with Crippen molar-refractivity contribution in [2.45, 2.75) is 25.8 Å². The van der Waals surface area contributed by atoms with E-state index in [1.807, 2.05) is 0 Å². The van der Waals surface area contributed by atoms with Crippen LogP contribution in [-0.2, 0) is 0 Å². The molecule has 88 valence electrons. The van der Waals surface area contributed by atoms with Gasteiger partial charge in [-0.2, -0.15) is 11.8 Å². The Morgan fingerprint density at radius 1 is 1.44 bits per heavy atom. The van der Waals surface area contributed by atoms with Crippen LogP contribution in [0.4, 0.5) is 0 Å². The molecule has 16 heavy (non-hydrogen) atoms. The highest BCUT2D eigenvalue weighted by molar-refractivity contribution is 7.99. The maximum atomic E-state index is 3.50. The molecule has 2 atom stereocenters. The molecular formula is C14H21NS. The first-order valence-corrected chi connectivity index (χ1v) is 7.28. The molecule has 1 fully saturated rings. The summed E-state index contributed by atoms with van der Waals surface area (Å²) < 4.78 is 0. The van der Waals surface area contributed by atoms with Crippen molar-refractivity contribution in [3.63, 3.8) is 0 Å². The zero-order chi connectivity index (χ0) is 11.4. The number of benzene rings is 1. The van der Waals surface area contributed by atoms with Crippen LogP contribution in [0.2, 0.25) is 0 Å². The highest BCUT2D eigenvalue weighted by Gasteiger charge is 2.23. The summed E-state index contributed by atoms with van der Waals surface area (Å²) in [4.78, 5) is 0. The van der Waals surface area contributed by atoms with E-state index in [0.717, 1.165) is 5.92 Å². The Kier molecular flexibility index (Phi) is 4.30. The number of aryl methyl sites for hydroxylation is 1. The van der Waals surface area contributed by atoms with Gasteiger partial charge in [-0.3, -0.25) is 0 Å². The SMILES string of the molecule is CNC(c1cccc(C)c1)C1CCCSC1. The van der Waals surface area contributed by atoms with Crippen molar-refractivity contribution in [2.75, 3.05) is 18.6 Å². The zero-order valence-electron chi connectivity index (χ0n) is 10.2. The summed E-state index contributed by atoms with van der Waals surface area (Å²) >= 11 is 2.11. The molecule has 1 nitrogen and oxygen atoms in total. The number of hydrogen-bond acceptors (Lipinski definition) is 2. The van der Waals surface area contributed by atoms with Gasteiger partial charge < -0.3 is 5.32 Å². The van der Waals surface area contributed by atoms with E-state index in [1.54, 1.807) is 0 Å². The fourth-order valence-corrected chi connectivity index (χ4v) is 3.77. The minimum atomic E-state index is 0.535. The van der Waals surface area contributed by atoms with Crippen molar-refractivity contribution in [1.29, 1.82) is 0 Å². The number of rotatable bonds is 3. The Bertz CT molecular complexity index is 331. The fourth-order valence-electron chi connectivity index (χ4n) is 2.57. The van der Waals surface area contributed by atoms with Crippen LogP contribution in [0.1, 0.15) is 30.0 Å². The second kappa shape index (κ2) is 5.74. The predicted octanol–water partition coefficient (Wildman–Crippen LogP) is 3.40. The van der Waals surface area contributed by atoms with Gasteiger partial charge in [-0.1, -0.05) is 29.8 Å². The van der Waals surface area contributed by atoms with Crippen LogP contribution in [0.25, 0.3) is 0 Å². The van der Waals surface area contributed by atoms with Gasteiger partial charge in [-0.05, 0) is 49.8 Å². The average molecular weight is 235 g/mol. The lowest BCUT2D eigenvalue weighted by atomic mass is 9.90. The summed E-state index contributed by atoms with van der Waals surface area (Å²) in [5, 5.41) is 3.50. The Morgan fingerprint density at radius 2 is 2.31 bits per heavy atom. The molecule has 0 saturated carbocycles. The molecule has 1 N–H and O–H groups in total. The summed E-state index contributed by atoms with van der Waals surface area (Å²) in [5.41, 5.74) is 2.82. The van der Waals surface area contributed by atoms with E-state index >= 15 is 0 Å². The molecule has 1 saturated heterocycles. The topological polar surface area (TPSA) is 12.0 Å². The van der Waals surface area contributed by atoms with E-state index in [1.165, 1.54) is 35.5 Å². The monoisotopic (exact) mass is 235 g/mol. The molecule has 0 spiro atoms. The molecule has 0 aliphatic carbocycles. The second-order valence-electron chi connectivity index (χ2n) is 4.66. The average Bonchev–Trinajstić information content (AvgIpc) is 2.31. The van der Waals surface area contributed by atoms with Gasteiger partial charge in [0, 0.05) is 6.04 Å². The van der Waals surface area contributed by atoms with Crippen LogP contribution in [0.3, 0.4) is 0 Å². The maximum absolute atomic E-state index is 3.50. The Morgan fingerprint density at radius 3 is 2.94 bits per heavy atom. The van der Waals surface area contributed by atoms with Crippen molar-refractivity contribution in [1.82, 2.24) is 5.32 Å². The number of thioether (sulfide) groups is 1. The van der Waals surface area contributed by atoms with Gasteiger partial charge >= 0.3 is 0 Å². The molecule has 1 aromatic carbocycles. The smallest absolute Gasteiger partial charge is 0.0354 e. The van der Waals surface area contributed by atoms with Gasteiger partial charge in [0.25, 0.3) is 0 Å². The van der Waals surface area contributed by atoms with Gasteiger partial charge in [0.1, 0.15) is 0 Å². The third-order valence-corrected chi connectivity index (χ3v) is 4.62. The molecule has 0 aromatic heterocycles. The molecule has 1 aliphatic heterocycles. The molecular weight excluding hydrogens is 214 g/mol. The van der Waals surface area contributed by atoms with E-state index in [2.05, 4.69) is 55.3 Å². The van der Waals surface area contributed by atoms with Crippen molar-refractivity contribution < 1.29 is 0 Å². The summed E-state index contributed by atoms with van der Waals surface area (Å²) in [5.74, 6) is 3.45. The summed E-state index contributed by atoms with van der Waals surface area (Å²) in [6.07, 6.45) is 2.74. The van der Waals surface area contributed by atoms with Crippen molar-refractivity contribution >= 4 is 11.8 Å². The standard InChI is InChI=1S/C14H21NS/c1-11-5-3-6-12(9-11)14(15-2)13-7-4-8-16-10-13/h3,5-6,9,13-15H,4,7-8,10H2,1-2H3. The van der Waals surface area contributed by atoms with Gasteiger partial charge in [-0.25, -0.2) is 0 Å². The lowest BCUT2D eigenvalue weighted by molar-refractivity contribution is 0.384. The second-order valence-corrected chi connectivity index (χ2v) is 5.81. The molecule has 0 amide bonds. The first-order valence-electron chi connectivity index (χ1n) is 6.13. The van der Waals surface area contributed by atoms with Gasteiger partial charge in [0.2, 0.25) is 0 Å². The lowest BCUT2D eigenvalue weighted by Crippen LogP contribution is -2.28. The van der Waals surface area contributed by atoms with Gasteiger partial charge in [0.05, 0.1) is 0 Å². The number of nitrogens with one attached hydrogen (secondary N) is 1. The molecule has 1 heterocycles. The summed E-state index contributed by atoms with van der Waals surface area (Å²) in [7, 11) is 2.09. The highest BCUT2D eigenvalue weighted by atomic mass is 32.2. The van der Waals surface area contributed by atoms with Crippen molar-refractivity contribution in [2.24, 2.45) is 5.92 Å². The predicted molar refractivity (Wildman–Crippen MR) is 73.0 cm³/mol. The molecule has 2 rings (SSSR count). The molecule has 1 aromatic rings. The van der Waals surface area contributed by atoms with E-state index in [0.29, 0.717) is 6.04 Å². The normalized spacial score (nSPS) is 23.0. The van der Waals surface area contributed by atoms with E-state index < -0.39 is 0 Å². The first-order chi connectivity index (χ1) is 7.81. The molecule has 1 aliphatic rings. The van der Waals surface area contributed by atoms with Crippen LogP contribution in [-0.4, -0.2) is 18.6 Å². The molecule has 0 bridgehead atoms. The summed E-state index contributed by atoms with van der Waals surface area (Å²) in [6, 6.07) is 9.46. The Hall–Kier alpha value is -0.470. The maximum Gasteiger partial charge on any atom is 0.0354 e. The third-order valence-electron chi connectivity index (χ3n) is 3.38.